The molecular formula is C12H18N4O2. The van der Waals surface area contributed by atoms with Crippen molar-refractivity contribution in [2.75, 3.05) is 20.1 Å². The van der Waals surface area contributed by atoms with Crippen molar-refractivity contribution >= 4 is 5.97 Å². The predicted molar refractivity (Wildman–Crippen MR) is 66.1 cm³/mol. The Morgan fingerprint density at radius 1 is 1.72 bits per heavy atom. The van der Waals surface area contributed by atoms with Crippen molar-refractivity contribution in [2.24, 2.45) is 5.73 Å². The van der Waals surface area contributed by atoms with E-state index < -0.39 is 12.0 Å². The van der Waals surface area contributed by atoms with Crippen LogP contribution in [0.5, 0.6) is 0 Å². The smallest absolute Gasteiger partial charge is 0.305 e. The number of nitrogens with zero attached hydrogens (tertiary/aromatic N) is 3. The van der Waals surface area contributed by atoms with Gasteiger partial charge in [0.25, 0.3) is 0 Å². The summed E-state index contributed by atoms with van der Waals surface area (Å²) < 4.78 is 0. The van der Waals surface area contributed by atoms with Crippen molar-refractivity contribution in [3.8, 4) is 0 Å². The normalized spacial score (nSPS) is 22.0. The quantitative estimate of drug-likeness (QED) is 0.802. The van der Waals surface area contributed by atoms with Crippen LogP contribution in [-0.4, -0.2) is 46.1 Å². The van der Waals surface area contributed by atoms with E-state index in [0.29, 0.717) is 11.7 Å². The van der Waals surface area contributed by atoms with E-state index in [1.807, 2.05) is 6.07 Å². The lowest BCUT2D eigenvalue weighted by Gasteiger charge is -2.13. The monoisotopic (exact) mass is 250 g/mol. The third kappa shape index (κ3) is 3.02. The molecule has 1 aliphatic rings. The molecule has 98 valence electrons. The molecule has 2 rings (SSSR count). The minimum absolute atomic E-state index is 0.145. The summed E-state index contributed by atoms with van der Waals surface area (Å²) in [7, 11) is 2.08. The van der Waals surface area contributed by atoms with Gasteiger partial charge in [-0.1, -0.05) is 0 Å². The first-order valence-corrected chi connectivity index (χ1v) is 6.05. The van der Waals surface area contributed by atoms with Gasteiger partial charge in [-0.25, -0.2) is 9.97 Å². The van der Waals surface area contributed by atoms with Crippen molar-refractivity contribution in [2.45, 2.75) is 24.8 Å². The predicted octanol–water partition coefficient (Wildman–Crippen LogP) is 0.370. The van der Waals surface area contributed by atoms with Gasteiger partial charge in [0.05, 0.1) is 12.5 Å². The number of likely N-dealkylation sites (tertiary alicyclic amines) is 1. The van der Waals surface area contributed by atoms with Crippen molar-refractivity contribution < 1.29 is 9.90 Å². The maximum absolute atomic E-state index is 10.6. The number of likely N-dealkylation sites (N-methyl/N-ethyl adjacent to an activating group) is 1. The van der Waals surface area contributed by atoms with Crippen LogP contribution in [0.2, 0.25) is 0 Å². The number of carboxylic acid groups (broad SMARTS) is 1. The Kier molecular flexibility index (Phi) is 3.88. The van der Waals surface area contributed by atoms with Gasteiger partial charge in [-0.3, -0.25) is 4.79 Å². The number of carbonyl (C=O) groups is 1. The van der Waals surface area contributed by atoms with E-state index in [1.165, 1.54) is 0 Å². The lowest BCUT2D eigenvalue weighted by Crippen LogP contribution is -2.19. The summed E-state index contributed by atoms with van der Waals surface area (Å²) in [5, 5.41) is 8.72. The van der Waals surface area contributed by atoms with Crippen molar-refractivity contribution in [3.05, 3.63) is 23.8 Å². The molecule has 0 bridgehead atoms. The summed E-state index contributed by atoms with van der Waals surface area (Å²) in [5.41, 5.74) is 6.74. The molecule has 0 amide bonds. The molecule has 18 heavy (non-hydrogen) atoms. The summed E-state index contributed by atoms with van der Waals surface area (Å²) >= 11 is 0. The number of aromatic nitrogens is 2. The molecule has 6 nitrogen and oxygen atoms in total. The Balaban J connectivity index is 2.12. The Morgan fingerprint density at radius 3 is 3.11 bits per heavy atom. The number of carboxylic acids is 1. The molecule has 0 spiro atoms. The molecular weight excluding hydrogens is 232 g/mol. The molecule has 1 aliphatic heterocycles. The second kappa shape index (κ2) is 5.41. The lowest BCUT2D eigenvalue weighted by atomic mass is 10.0. The van der Waals surface area contributed by atoms with E-state index in [2.05, 4.69) is 21.9 Å². The van der Waals surface area contributed by atoms with Crippen molar-refractivity contribution in [3.63, 3.8) is 0 Å². The molecule has 1 fully saturated rings. The van der Waals surface area contributed by atoms with Crippen LogP contribution in [0, 0.1) is 0 Å². The molecule has 2 atom stereocenters. The average Bonchev–Trinajstić information content (AvgIpc) is 2.75. The molecule has 0 saturated carbocycles. The molecule has 0 aromatic carbocycles. The topological polar surface area (TPSA) is 92.3 Å². The third-order valence-corrected chi connectivity index (χ3v) is 3.23. The number of nitrogens with two attached hydrogens (primary N) is 1. The fourth-order valence-corrected chi connectivity index (χ4v) is 2.25. The van der Waals surface area contributed by atoms with Gasteiger partial charge in [0.2, 0.25) is 0 Å². The maximum atomic E-state index is 10.6. The van der Waals surface area contributed by atoms with E-state index in [-0.39, 0.29) is 6.42 Å². The van der Waals surface area contributed by atoms with Crippen LogP contribution in [0.25, 0.3) is 0 Å². The summed E-state index contributed by atoms with van der Waals surface area (Å²) in [4.78, 5) is 21.4. The molecule has 1 saturated heterocycles. The highest BCUT2D eigenvalue weighted by molar-refractivity contribution is 5.67. The van der Waals surface area contributed by atoms with Gasteiger partial charge in [0, 0.05) is 24.4 Å². The number of hydrogen-bond acceptors (Lipinski definition) is 5. The molecule has 0 aliphatic carbocycles. The summed E-state index contributed by atoms with van der Waals surface area (Å²) in [6.07, 6.45) is 2.59. The van der Waals surface area contributed by atoms with E-state index in [9.17, 15) is 4.79 Å². The van der Waals surface area contributed by atoms with Gasteiger partial charge in [-0.15, -0.1) is 0 Å². The van der Waals surface area contributed by atoms with Crippen molar-refractivity contribution in [1.29, 1.82) is 0 Å². The summed E-state index contributed by atoms with van der Waals surface area (Å²) in [6.45, 7) is 2.04. The van der Waals surface area contributed by atoms with Gasteiger partial charge in [-0.05, 0) is 26.1 Å². The number of hydrogen-bond donors (Lipinski definition) is 2. The zero-order valence-electron chi connectivity index (χ0n) is 10.4. The van der Waals surface area contributed by atoms with E-state index in [1.54, 1.807) is 6.20 Å². The Hall–Kier alpha value is -1.53. The highest BCUT2D eigenvalue weighted by Gasteiger charge is 2.23. The maximum Gasteiger partial charge on any atom is 0.305 e. The van der Waals surface area contributed by atoms with Gasteiger partial charge in [0.1, 0.15) is 5.82 Å². The standard InChI is InChI=1S/C12H18N4O2/c1-16-5-3-8(7-16)10-2-4-14-12(15-10)9(13)6-11(17)18/h2,4,8-9H,3,5-7,13H2,1H3,(H,17,18). The van der Waals surface area contributed by atoms with Crippen LogP contribution in [-0.2, 0) is 4.79 Å². The molecule has 0 radical (unpaired) electrons. The first-order valence-electron chi connectivity index (χ1n) is 6.05. The van der Waals surface area contributed by atoms with Crippen LogP contribution in [0.15, 0.2) is 12.3 Å². The van der Waals surface area contributed by atoms with E-state index in [0.717, 1.165) is 25.2 Å². The van der Waals surface area contributed by atoms with Crippen LogP contribution in [0.1, 0.15) is 36.3 Å². The number of aliphatic carboxylic acids is 1. The fourth-order valence-electron chi connectivity index (χ4n) is 2.25. The third-order valence-electron chi connectivity index (χ3n) is 3.23. The molecule has 6 heteroatoms. The zero-order chi connectivity index (χ0) is 13.1. The zero-order valence-corrected chi connectivity index (χ0v) is 10.4. The minimum Gasteiger partial charge on any atom is -0.481 e. The molecule has 2 heterocycles. The molecule has 2 unspecified atom stereocenters. The highest BCUT2D eigenvalue weighted by atomic mass is 16.4. The second-order valence-corrected chi connectivity index (χ2v) is 4.79. The van der Waals surface area contributed by atoms with Crippen LogP contribution in [0.3, 0.4) is 0 Å². The summed E-state index contributed by atoms with van der Waals surface area (Å²) in [5.74, 6) is -0.115. The first kappa shape index (κ1) is 12.9. The van der Waals surface area contributed by atoms with E-state index >= 15 is 0 Å². The molecule has 3 N–H and O–H groups in total. The van der Waals surface area contributed by atoms with Crippen LogP contribution < -0.4 is 5.73 Å². The minimum atomic E-state index is -0.933. The first-order chi connectivity index (χ1) is 8.56. The number of rotatable bonds is 4. The molecule has 1 aromatic heterocycles. The van der Waals surface area contributed by atoms with Crippen molar-refractivity contribution in [1.82, 2.24) is 14.9 Å². The largest absolute Gasteiger partial charge is 0.481 e. The SMILES string of the molecule is CN1CCC(c2ccnc(C(N)CC(=O)O)n2)C1. The van der Waals surface area contributed by atoms with Crippen LogP contribution in [0.4, 0.5) is 0 Å². The van der Waals surface area contributed by atoms with E-state index in [4.69, 9.17) is 10.8 Å². The van der Waals surface area contributed by atoms with Gasteiger partial charge in [0.15, 0.2) is 0 Å². The Morgan fingerprint density at radius 2 is 2.50 bits per heavy atom. The van der Waals surface area contributed by atoms with Crippen LogP contribution >= 0.6 is 0 Å². The van der Waals surface area contributed by atoms with Gasteiger partial charge < -0.3 is 15.7 Å². The Labute approximate surface area is 106 Å². The highest BCUT2D eigenvalue weighted by Crippen LogP contribution is 2.25. The Bertz CT molecular complexity index is 438. The van der Waals surface area contributed by atoms with Gasteiger partial charge in [-0.2, -0.15) is 0 Å². The lowest BCUT2D eigenvalue weighted by molar-refractivity contribution is -0.137. The molecule has 1 aromatic rings. The average molecular weight is 250 g/mol. The fraction of sp³-hybridized carbons (Fsp3) is 0.583. The van der Waals surface area contributed by atoms with Gasteiger partial charge >= 0.3 is 5.97 Å². The summed E-state index contributed by atoms with van der Waals surface area (Å²) in [6, 6.07) is 1.25. The second-order valence-electron chi connectivity index (χ2n) is 4.79.